The molecule has 8 nitrogen and oxygen atoms in total. The molecule has 2 amide bonds. The molecule has 1 aromatic rings. The first kappa shape index (κ1) is 25.6. The summed E-state index contributed by atoms with van der Waals surface area (Å²) in [6.45, 7) is 2.29. The molecule has 0 spiro atoms. The third kappa shape index (κ3) is 7.22. The van der Waals surface area contributed by atoms with E-state index >= 15 is 0 Å². The van der Waals surface area contributed by atoms with Gasteiger partial charge in [0, 0.05) is 19.2 Å². The van der Waals surface area contributed by atoms with E-state index in [-0.39, 0.29) is 29.5 Å². The topological polar surface area (TPSA) is 105 Å². The summed E-state index contributed by atoms with van der Waals surface area (Å²) in [6.07, 6.45) is 6.68. The highest BCUT2D eigenvalue weighted by molar-refractivity contribution is 7.89. The number of hydrogen-bond donors (Lipinski definition) is 2. The molecule has 0 radical (unpaired) electrons. The van der Waals surface area contributed by atoms with Crippen LogP contribution < -0.4 is 10.0 Å². The number of ether oxygens (including phenoxy) is 1. The van der Waals surface area contributed by atoms with Crippen molar-refractivity contribution in [2.24, 2.45) is 0 Å². The minimum atomic E-state index is -4.01. The summed E-state index contributed by atoms with van der Waals surface area (Å²) in [4.78, 5) is 27.7. The molecule has 2 N–H and O–H groups in total. The number of carbonyl (C=O) groups excluding carboxylic acids is 2. The van der Waals surface area contributed by atoms with Gasteiger partial charge < -0.3 is 15.0 Å². The van der Waals surface area contributed by atoms with Gasteiger partial charge in [-0.1, -0.05) is 26.2 Å². The lowest BCUT2D eigenvalue weighted by atomic mass is 10.1. The number of nitrogens with one attached hydrogen (secondary N) is 2. The number of benzene rings is 1. The molecule has 1 saturated carbocycles. The van der Waals surface area contributed by atoms with Crippen LogP contribution in [-0.4, -0.2) is 63.0 Å². The van der Waals surface area contributed by atoms with Gasteiger partial charge in [-0.3, -0.25) is 9.59 Å². The Balaban J connectivity index is 1.73. The van der Waals surface area contributed by atoms with E-state index < -0.39 is 34.3 Å². The first-order valence-corrected chi connectivity index (χ1v) is 13.2. The second-order valence-electron chi connectivity index (χ2n) is 8.75. The molecule has 33 heavy (non-hydrogen) atoms. The van der Waals surface area contributed by atoms with Crippen LogP contribution in [0.3, 0.4) is 0 Å². The third-order valence-corrected chi connectivity index (χ3v) is 7.64. The minimum Gasteiger partial charge on any atom is -0.376 e. The first-order chi connectivity index (χ1) is 15.8. The van der Waals surface area contributed by atoms with E-state index in [1.807, 2.05) is 6.92 Å². The Labute approximate surface area is 195 Å². The number of nitrogens with zero attached hydrogens (tertiary/aromatic N) is 1. The van der Waals surface area contributed by atoms with Gasteiger partial charge >= 0.3 is 0 Å². The van der Waals surface area contributed by atoms with E-state index in [4.69, 9.17) is 4.74 Å². The molecule has 2 fully saturated rings. The lowest BCUT2D eigenvalue weighted by molar-refractivity contribution is -0.142. The second-order valence-corrected chi connectivity index (χ2v) is 10.5. The Bertz CT molecular complexity index is 897. The molecule has 1 heterocycles. The molecule has 0 aromatic heterocycles. The summed E-state index contributed by atoms with van der Waals surface area (Å²) in [7, 11) is -4.01. The third-order valence-electron chi connectivity index (χ3n) is 6.22. The number of halogens is 1. The molecule has 1 aliphatic heterocycles. The van der Waals surface area contributed by atoms with Crippen molar-refractivity contribution in [2.45, 2.75) is 81.4 Å². The number of carbonyl (C=O) groups is 2. The summed E-state index contributed by atoms with van der Waals surface area (Å²) < 4.78 is 46.3. The van der Waals surface area contributed by atoms with Crippen LogP contribution in [-0.2, 0) is 24.3 Å². The van der Waals surface area contributed by atoms with Gasteiger partial charge in [-0.25, -0.2) is 17.5 Å². The van der Waals surface area contributed by atoms with E-state index in [1.165, 1.54) is 4.90 Å². The van der Waals surface area contributed by atoms with Gasteiger partial charge in [0.25, 0.3) is 0 Å². The SMILES string of the molecule is CCC[C@H](C(=O)NC1CCCC1)N(C[C@@H]1CCCO1)C(=O)CNS(=O)(=O)c1ccc(F)cc1. The zero-order valence-corrected chi connectivity index (χ0v) is 19.9. The molecular weight excluding hydrogens is 449 g/mol. The van der Waals surface area contributed by atoms with Crippen molar-refractivity contribution in [3.63, 3.8) is 0 Å². The van der Waals surface area contributed by atoms with E-state index in [9.17, 15) is 22.4 Å². The van der Waals surface area contributed by atoms with Crippen molar-refractivity contribution in [3.8, 4) is 0 Å². The second kappa shape index (κ2) is 11.9. The van der Waals surface area contributed by atoms with E-state index in [1.54, 1.807) is 0 Å². The molecule has 3 rings (SSSR count). The highest BCUT2D eigenvalue weighted by Gasteiger charge is 2.34. The number of hydrogen-bond acceptors (Lipinski definition) is 5. The average molecular weight is 484 g/mol. The van der Waals surface area contributed by atoms with Crippen LogP contribution in [0.15, 0.2) is 29.2 Å². The molecule has 184 valence electrons. The highest BCUT2D eigenvalue weighted by Crippen LogP contribution is 2.20. The summed E-state index contributed by atoms with van der Waals surface area (Å²) in [6, 6.07) is 3.80. The van der Waals surface area contributed by atoms with E-state index in [0.29, 0.717) is 19.4 Å². The van der Waals surface area contributed by atoms with Gasteiger partial charge in [0.1, 0.15) is 11.9 Å². The summed E-state index contributed by atoms with van der Waals surface area (Å²) in [5.41, 5.74) is 0. The highest BCUT2D eigenvalue weighted by atomic mass is 32.2. The van der Waals surface area contributed by atoms with Gasteiger partial charge in [-0.2, -0.15) is 0 Å². The number of amides is 2. The maximum absolute atomic E-state index is 13.2. The van der Waals surface area contributed by atoms with Crippen molar-refractivity contribution in [1.29, 1.82) is 0 Å². The molecular formula is C23H34FN3O5S. The van der Waals surface area contributed by atoms with E-state index in [2.05, 4.69) is 10.0 Å². The Morgan fingerprint density at radius 1 is 1.15 bits per heavy atom. The molecule has 0 unspecified atom stereocenters. The fourth-order valence-electron chi connectivity index (χ4n) is 4.44. The fraction of sp³-hybridized carbons (Fsp3) is 0.652. The Morgan fingerprint density at radius 2 is 1.85 bits per heavy atom. The lowest BCUT2D eigenvalue weighted by Crippen LogP contribution is -2.55. The summed E-state index contributed by atoms with van der Waals surface area (Å²) in [5.74, 6) is -1.24. The Kier molecular flexibility index (Phi) is 9.22. The average Bonchev–Trinajstić information content (AvgIpc) is 3.49. The van der Waals surface area contributed by atoms with Crippen LogP contribution in [0, 0.1) is 5.82 Å². The van der Waals surface area contributed by atoms with Crippen LogP contribution in [0.5, 0.6) is 0 Å². The molecule has 1 aromatic carbocycles. The minimum absolute atomic E-state index is 0.119. The zero-order valence-electron chi connectivity index (χ0n) is 19.1. The molecule has 2 atom stereocenters. The van der Waals surface area contributed by atoms with Crippen molar-refractivity contribution in [3.05, 3.63) is 30.1 Å². The monoisotopic (exact) mass is 483 g/mol. The zero-order chi connectivity index (χ0) is 23.8. The quantitative estimate of drug-likeness (QED) is 0.503. The predicted octanol–water partition coefficient (Wildman–Crippen LogP) is 2.34. The fourth-order valence-corrected chi connectivity index (χ4v) is 5.41. The van der Waals surface area contributed by atoms with Crippen LogP contribution in [0.25, 0.3) is 0 Å². The van der Waals surface area contributed by atoms with Crippen molar-refractivity contribution in [1.82, 2.24) is 14.9 Å². The van der Waals surface area contributed by atoms with Crippen molar-refractivity contribution >= 4 is 21.8 Å². The maximum atomic E-state index is 13.2. The van der Waals surface area contributed by atoms with Crippen LogP contribution in [0.2, 0.25) is 0 Å². The van der Waals surface area contributed by atoms with Gasteiger partial charge in [-0.05, 0) is 56.4 Å². The summed E-state index contributed by atoms with van der Waals surface area (Å²) in [5, 5.41) is 3.08. The maximum Gasteiger partial charge on any atom is 0.243 e. The summed E-state index contributed by atoms with van der Waals surface area (Å²) >= 11 is 0. The van der Waals surface area contributed by atoms with Crippen molar-refractivity contribution in [2.75, 3.05) is 19.7 Å². The van der Waals surface area contributed by atoms with Crippen LogP contribution in [0.1, 0.15) is 58.3 Å². The van der Waals surface area contributed by atoms with E-state index in [0.717, 1.165) is 62.8 Å². The molecule has 1 saturated heterocycles. The normalized spacial score (nSPS) is 20.0. The van der Waals surface area contributed by atoms with Crippen LogP contribution >= 0.6 is 0 Å². The molecule has 0 bridgehead atoms. The van der Waals surface area contributed by atoms with Crippen LogP contribution in [0.4, 0.5) is 4.39 Å². The number of rotatable bonds is 11. The Hall–Kier alpha value is -2.04. The molecule has 2 aliphatic rings. The predicted molar refractivity (Wildman–Crippen MR) is 121 cm³/mol. The van der Waals surface area contributed by atoms with Gasteiger partial charge in [0.05, 0.1) is 17.5 Å². The molecule has 1 aliphatic carbocycles. The smallest absolute Gasteiger partial charge is 0.243 e. The van der Waals surface area contributed by atoms with Gasteiger partial charge in [-0.15, -0.1) is 0 Å². The van der Waals surface area contributed by atoms with Gasteiger partial charge in [0.15, 0.2) is 0 Å². The Morgan fingerprint density at radius 3 is 2.45 bits per heavy atom. The van der Waals surface area contributed by atoms with Gasteiger partial charge in [0.2, 0.25) is 21.8 Å². The standard InChI is InChI=1S/C23H34FN3O5S/c1-2-6-21(23(29)26-18-7-3-4-8-18)27(16-19-9-5-14-32-19)22(28)15-25-33(30,31)20-12-10-17(24)11-13-20/h10-13,18-19,21,25H,2-9,14-16H2,1H3,(H,26,29)/t19-,21+/m0/s1. The first-order valence-electron chi connectivity index (χ1n) is 11.8. The lowest BCUT2D eigenvalue weighted by Gasteiger charge is -2.33. The number of sulfonamides is 1. The molecule has 10 heteroatoms. The van der Waals surface area contributed by atoms with Crippen molar-refractivity contribution < 1.29 is 27.1 Å². The largest absolute Gasteiger partial charge is 0.376 e.